The van der Waals surface area contributed by atoms with Crippen molar-refractivity contribution in [1.82, 2.24) is 19.7 Å². The molecule has 1 aromatic carbocycles. The topological polar surface area (TPSA) is 89.8 Å². The van der Waals surface area contributed by atoms with Gasteiger partial charge in [-0.3, -0.25) is 9.71 Å². The van der Waals surface area contributed by atoms with Gasteiger partial charge in [0.05, 0.1) is 11.9 Å². The summed E-state index contributed by atoms with van der Waals surface area (Å²) in [5.41, 5.74) is 2.38. The highest BCUT2D eigenvalue weighted by atomic mass is 32.2. The normalized spacial score (nSPS) is 11.5. The fourth-order valence-electron chi connectivity index (χ4n) is 2.42. The van der Waals surface area contributed by atoms with Gasteiger partial charge in [0.1, 0.15) is 0 Å². The average Bonchev–Trinajstić information content (AvgIpc) is 3.03. The molecule has 0 aliphatic heterocycles. The molecule has 0 atom stereocenters. The fourth-order valence-corrected chi connectivity index (χ4v) is 3.90. The molecule has 1 N–H and O–H groups in total. The Morgan fingerprint density at radius 1 is 1.12 bits per heavy atom. The highest BCUT2D eigenvalue weighted by molar-refractivity contribution is 7.98. The average molecular weight is 390 g/mol. The molecule has 0 bridgehead atoms. The number of thioether (sulfide) groups is 1. The first kappa shape index (κ1) is 18.4. The maximum absolute atomic E-state index is 11.3. The Labute approximate surface area is 156 Å². The summed E-state index contributed by atoms with van der Waals surface area (Å²) < 4.78 is 27.1. The maximum Gasteiger partial charge on any atom is 0.229 e. The quantitative estimate of drug-likeness (QED) is 0.625. The van der Waals surface area contributed by atoms with Crippen LogP contribution in [0, 0.1) is 0 Å². The van der Waals surface area contributed by atoms with E-state index >= 15 is 0 Å². The number of aromatic nitrogens is 4. The van der Waals surface area contributed by atoms with Gasteiger partial charge in [-0.25, -0.2) is 8.42 Å². The summed E-state index contributed by atoms with van der Waals surface area (Å²) >= 11 is 1.59. The number of pyridine rings is 1. The number of hydrogen-bond acceptors (Lipinski definition) is 6. The van der Waals surface area contributed by atoms with Crippen LogP contribution in [0.1, 0.15) is 12.6 Å². The Hall–Kier alpha value is -2.39. The van der Waals surface area contributed by atoms with Crippen LogP contribution in [0.5, 0.6) is 0 Å². The zero-order valence-corrected chi connectivity index (χ0v) is 16.1. The predicted octanol–water partition coefficient (Wildman–Crippen LogP) is 3.02. The van der Waals surface area contributed by atoms with Crippen LogP contribution in [0.3, 0.4) is 0 Å². The van der Waals surface area contributed by atoms with Crippen molar-refractivity contribution in [2.75, 3.05) is 11.0 Å². The number of rotatable bonds is 7. The smallest absolute Gasteiger partial charge is 0.229 e. The van der Waals surface area contributed by atoms with Crippen molar-refractivity contribution in [3.8, 4) is 11.4 Å². The summed E-state index contributed by atoms with van der Waals surface area (Å²) in [6, 6.07) is 12.9. The maximum atomic E-state index is 11.3. The van der Waals surface area contributed by atoms with Crippen molar-refractivity contribution in [1.29, 1.82) is 0 Å². The molecule has 0 fully saturated rings. The first-order valence-corrected chi connectivity index (χ1v) is 10.9. The van der Waals surface area contributed by atoms with Crippen LogP contribution in [0.2, 0.25) is 0 Å². The van der Waals surface area contributed by atoms with E-state index < -0.39 is 10.0 Å². The van der Waals surface area contributed by atoms with Gasteiger partial charge < -0.3 is 4.57 Å². The number of hydrogen-bond donors (Lipinski definition) is 1. The molecule has 136 valence electrons. The van der Waals surface area contributed by atoms with Gasteiger partial charge in [0.2, 0.25) is 10.0 Å². The molecule has 2 aromatic heterocycles. The minimum Gasteiger partial charge on any atom is -0.302 e. The lowest BCUT2D eigenvalue weighted by molar-refractivity contribution is 0.607. The second kappa shape index (κ2) is 7.88. The van der Waals surface area contributed by atoms with Crippen LogP contribution in [0.25, 0.3) is 11.4 Å². The van der Waals surface area contributed by atoms with E-state index in [2.05, 4.69) is 19.9 Å². The number of nitrogens with one attached hydrogen (secondary N) is 1. The number of anilines is 1. The minimum absolute atomic E-state index is 0.517. The summed E-state index contributed by atoms with van der Waals surface area (Å²) in [7, 11) is -3.29. The van der Waals surface area contributed by atoms with Crippen LogP contribution in [0.15, 0.2) is 53.8 Å². The molecule has 0 saturated heterocycles. The molecule has 7 nitrogen and oxygen atoms in total. The third-order valence-corrected chi connectivity index (χ3v) is 5.16. The molecule has 0 aliphatic carbocycles. The van der Waals surface area contributed by atoms with E-state index in [4.69, 9.17) is 0 Å². The molecule has 0 aliphatic rings. The molecule has 0 amide bonds. The fraction of sp³-hybridized carbons (Fsp3) is 0.235. The molecule has 3 aromatic rings. The van der Waals surface area contributed by atoms with Crippen molar-refractivity contribution in [2.45, 2.75) is 24.4 Å². The van der Waals surface area contributed by atoms with Crippen LogP contribution >= 0.6 is 11.8 Å². The molecule has 26 heavy (non-hydrogen) atoms. The first-order valence-electron chi connectivity index (χ1n) is 8.00. The van der Waals surface area contributed by atoms with Crippen LogP contribution in [-0.4, -0.2) is 34.4 Å². The largest absolute Gasteiger partial charge is 0.302 e. The molecule has 0 unspecified atom stereocenters. The van der Waals surface area contributed by atoms with Crippen molar-refractivity contribution in [3.05, 3.63) is 54.4 Å². The lowest BCUT2D eigenvalue weighted by Gasteiger charge is -2.08. The van der Waals surface area contributed by atoms with E-state index in [1.165, 1.54) is 0 Å². The third-order valence-electron chi connectivity index (χ3n) is 3.55. The minimum atomic E-state index is -3.29. The van der Waals surface area contributed by atoms with E-state index in [9.17, 15) is 8.42 Å². The zero-order valence-electron chi connectivity index (χ0n) is 14.5. The highest BCUT2D eigenvalue weighted by Crippen LogP contribution is 2.26. The summed E-state index contributed by atoms with van der Waals surface area (Å²) in [5, 5.41) is 9.43. The number of benzene rings is 1. The Kier molecular flexibility index (Phi) is 5.58. The summed E-state index contributed by atoms with van der Waals surface area (Å²) in [6.45, 7) is 2.77. The summed E-state index contributed by atoms with van der Waals surface area (Å²) in [6.07, 6.45) is 2.90. The van der Waals surface area contributed by atoms with Gasteiger partial charge in [0, 0.05) is 29.7 Å². The molecule has 0 radical (unpaired) electrons. The molecular formula is C17H19N5O2S2. The molecule has 0 spiro atoms. The Morgan fingerprint density at radius 3 is 2.50 bits per heavy atom. The van der Waals surface area contributed by atoms with Gasteiger partial charge >= 0.3 is 0 Å². The third kappa shape index (κ3) is 4.61. The molecule has 3 rings (SSSR count). The van der Waals surface area contributed by atoms with E-state index in [-0.39, 0.29) is 0 Å². The van der Waals surface area contributed by atoms with Crippen molar-refractivity contribution in [3.63, 3.8) is 0 Å². The molecule has 2 heterocycles. The lowest BCUT2D eigenvalue weighted by atomic mass is 10.2. The Bertz CT molecular complexity index is 970. The summed E-state index contributed by atoms with van der Waals surface area (Å²) in [4.78, 5) is 4.32. The van der Waals surface area contributed by atoms with Crippen LogP contribution in [0.4, 0.5) is 5.69 Å². The van der Waals surface area contributed by atoms with E-state index in [1.54, 1.807) is 30.1 Å². The van der Waals surface area contributed by atoms with Crippen LogP contribution in [-0.2, 0) is 22.3 Å². The van der Waals surface area contributed by atoms with Gasteiger partial charge in [0.25, 0.3) is 0 Å². The number of sulfonamides is 1. The predicted molar refractivity (Wildman–Crippen MR) is 103 cm³/mol. The molecule has 0 saturated carbocycles. The van der Waals surface area contributed by atoms with E-state index in [0.29, 0.717) is 5.69 Å². The Balaban J connectivity index is 1.79. The van der Waals surface area contributed by atoms with Gasteiger partial charge in [-0.2, -0.15) is 0 Å². The highest BCUT2D eigenvalue weighted by Gasteiger charge is 2.13. The first-order chi connectivity index (χ1) is 12.5. The SMILES string of the molecule is CCn1c(SCc2ccccn2)nnc1-c1ccc(NS(C)(=O)=O)cc1. The van der Waals surface area contributed by atoms with Gasteiger partial charge in [-0.1, -0.05) is 17.8 Å². The van der Waals surface area contributed by atoms with Crippen molar-refractivity contribution >= 4 is 27.5 Å². The second-order valence-corrected chi connectivity index (χ2v) is 8.30. The second-order valence-electron chi connectivity index (χ2n) is 5.61. The van der Waals surface area contributed by atoms with Gasteiger partial charge in [-0.15, -0.1) is 10.2 Å². The van der Waals surface area contributed by atoms with Crippen molar-refractivity contribution in [2.24, 2.45) is 0 Å². The Morgan fingerprint density at radius 2 is 1.88 bits per heavy atom. The van der Waals surface area contributed by atoms with Crippen molar-refractivity contribution < 1.29 is 8.42 Å². The van der Waals surface area contributed by atoms with Gasteiger partial charge in [-0.05, 0) is 43.3 Å². The standard InChI is InChI=1S/C17H19N5O2S2/c1-3-22-16(13-7-9-14(10-8-13)21-26(2,23)24)19-20-17(22)25-12-15-6-4-5-11-18-15/h4-11,21H,3,12H2,1-2H3. The van der Waals surface area contributed by atoms with Gasteiger partial charge in [0.15, 0.2) is 11.0 Å². The van der Waals surface area contributed by atoms with E-state index in [1.807, 2.05) is 41.8 Å². The van der Waals surface area contributed by atoms with E-state index in [0.717, 1.165) is 40.8 Å². The molecule has 9 heteroatoms. The monoisotopic (exact) mass is 389 g/mol. The zero-order chi connectivity index (χ0) is 18.6. The van der Waals surface area contributed by atoms with Crippen LogP contribution < -0.4 is 4.72 Å². The summed E-state index contributed by atoms with van der Waals surface area (Å²) in [5.74, 6) is 1.47. The lowest BCUT2D eigenvalue weighted by Crippen LogP contribution is -2.09. The number of nitrogens with zero attached hydrogens (tertiary/aromatic N) is 4. The molecular weight excluding hydrogens is 370 g/mol.